The van der Waals surface area contributed by atoms with Crippen molar-refractivity contribution >= 4 is 73.6 Å². The summed E-state index contributed by atoms with van der Waals surface area (Å²) in [7, 11) is 0.217. The smallest absolute Gasteiger partial charge is 0.335 e. The summed E-state index contributed by atoms with van der Waals surface area (Å²) < 4.78 is 35.7. The van der Waals surface area contributed by atoms with E-state index in [-0.39, 0.29) is 24.8 Å². The lowest BCUT2D eigenvalue weighted by Gasteiger charge is -2.25. The highest BCUT2D eigenvalue weighted by Crippen LogP contribution is 2.34. The second-order valence-corrected chi connectivity index (χ2v) is 13.7. The summed E-state index contributed by atoms with van der Waals surface area (Å²) in [5.41, 5.74) is 2.67. The van der Waals surface area contributed by atoms with Crippen LogP contribution in [-0.2, 0) is 32.7 Å². The zero-order valence-electron chi connectivity index (χ0n) is 24.5. The van der Waals surface area contributed by atoms with Gasteiger partial charge in [-0.15, -0.1) is 0 Å². The van der Waals surface area contributed by atoms with Gasteiger partial charge in [0, 0.05) is 17.8 Å². The molecule has 2 aromatic heterocycles. The number of benzene rings is 2. The van der Waals surface area contributed by atoms with Gasteiger partial charge in [0.05, 0.1) is 41.2 Å². The molecule has 1 aliphatic carbocycles. The molecule has 10 nitrogen and oxygen atoms in total. The van der Waals surface area contributed by atoms with Gasteiger partial charge >= 0.3 is 11.8 Å². The molecular weight excluding hydrogens is 623 g/mol. The summed E-state index contributed by atoms with van der Waals surface area (Å²) in [5.74, 6) is 1.03. The Morgan fingerprint density at radius 2 is 1.80 bits per heavy atom. The van der Waals surface area contributed by atoms with Crippen molar-refractivity contribution in [1.82, 2.24) is 19.3 Å². The van der Waals surface area contributed by atoms with E-state index in [2.05, 4.69) is 26.2 Å². The van der Waals surface area contributed by atoms with E-state index in [1.807, 2.05) is 48.2 Å². The molecule has 1 fully saturated rings. The number of anilines is 2. The molecule has 2 N–H and O–H groups in total. The van der Waals surface area contributed by atoms with Crippen LogP contribution in [-0.4, -0.2) is 59.6 Å². The first-order valence-corrected chi connectivity index (χ1v) is 16.8. The monoisotopic (exact) mass is 657 g/mol. The summed E-state index contributed by atoms with van der Waals surface area (Å²) >= 11 is 12.6. The number of esters is 1. The van der Waals surface area contributed by atoms with E-state index < -0.39 is 16.0 Å². The topological polar surface area (TPSA) is 118 Å². The number of rotatable bonds is 11. The predicted molar refractivity (Wildman–Crippen MR) is 174 cm³/mol. The molecule has 0 atom stereocenters. The number of sulfonamides is 1. The molecular formula is C31H35Cl2N6O4S+. The van der Waals surface area contributed by atoms with Gasteiger partial charge in [-0.3, -0.25) is 9.36 Å². The Kier molecular flexibility index (Phi) is 10.2. The number of para-hydroxylation sites is 2. The fourth-order valence-corrected chi connectivity index (χ4v) is 7.17. The van der Waals surface area contributed by atoms with E-state index in [4.69, 9.17) is 27.9 Å². The van der Waals surface area contributed by atoms with Gasteiger partial charge in [0.1, 0.15) is 5.39 Å². The minimum atomic E-state index is -3.20. The van der Waals surface area contributed by atoms with E-state index in [1.165, 1.54) is 13.4 Å². The molecule has 0 amide bonds. The Bertz CT molecular complexity index is 1760. The van der Waals surface area contributed by atoms with Gasteiger partial charge < -0.3 is 10.1 Å². The van der Waals surface area contributed by atoms with Crippen LogP contribution in [0.5, 0.6) is 0 Å². The fourth-order valence-electron chi connectivity index (χ4n) is 5.56. The van der Waals surface area contributed by atoms with Crippen molar-refractivity contribution in [3.05, 3.63) is 76.7 Å². The number of hydrogen-bond acceptors (Lipinski definition) is 7. The molecule has 44 heavy (non-hydrogen) atoms. The molecule has 232 valence electrons. The van der Waals surface area contributed by atoms with Gasteiger partial charge in [-0.05, 0) is 73.5 Å². The molecule has 2 heterocycles. The molecule has 13 heteroatoms. The standard InChI is InChI=1S/C31H35Cl2N6O4S/c1-34-44(41,42)18-22-12-10-21(11-13-22)17-38(2)30-24-14-15-39(31(24)36-19-35-30)20-43-28(40)16-23-6-3-4-9-27(23)37-29-25(32)7-5-8-26(29)33/h3-9,14-15,17,19,21-22,34,37H,10-13,16,18,20H2,1-2H3/q+1. The van der Waals surface area contributed by atoms with Gasteiger partial charge in [-0.1, -0.05) is 47.5 Å². The number of ether oxygens (including phenoxy) is 1. The van der Waals surface area contributed by atoms with Crippen molar-refractivity contribution in [2.45, 2.75) is 38.8 Å². The largest absolute Gasteiger partial charge is 0.444 e. The Morgan fingerprint density at radius 3 is 2.52 bits per heavy atom. The number of aromatic nitrogens is 3. The Morgan fingerprint density at radius 1 is 1.07 bits per heavy atom. The maximum absolute atomic E-state index is 12.9. The Labute approximate surface area is 267 Å². The van der Waals surface area contributed by atoms with Crippen LogP contribution in [0, 0.1) is 11.8 Å². The third-order valence-electron chi connectivity index (χ3n) is 7.90. The molecule has 1 saturated carbocycles. The number of carbonyl (C=O) groups is 1. The highest BCUT2D eigenvalue weighted by molar-refractivity contribution is 7.89. The van der Waals surface area contributed by atoms with Gasteiger partial charge in [0.25, 0.3) is 0 Å². The summed E-state index contributed by atoms with van der Waals surface area (Å²) in [5, 5.41) is 5.03. The van der Waals surface area contributed by atoms with Gasteiger partial charge in [0.15, 0.2) is 12.4 Å². The Balaban J connectivity index is 1.22. The summed E-state index contributed by atoms with van der Waals surface area (Å²) in [6, 6.07) is 14.6. The molecule has 0 bridgehead atoms. The van der Waals surface area contributed by atoms with Crippen molar-refractivity contribution in [2.75, 3.05) is 25.2 Å². The number of hydrogen-bond donors (Lipinski definition) is 2. The van der Waals surface area contributed by atoms with Crippen LogP contribution in [0.1, 0.15) is 31.2 Å². The van der Waals surface area contributed by atoms with Crippen molar-refractivity contribution < 1.29 is 22.5 Å². The number of fused-ring (bicyclic) bond motifs is 1. The van der Waals surface area contributed by atoms with Crippen molar-refractivity contribution in [1.29, 1.82) is 0 Å². The summed E-state index contributed by atoms with van der Waals surface area (Å²) in [6.07, 6.45) is 9.10. The lowest BCUT2D eigenvalue weighted by atomic mass is 9.83. The van der Waals surface area contributed by atoms with E-state index in [0.29, 0.717) is 33.0 Å². The Hall–Kier alpha value is -3.51. The summed E-state index contributed by atoms with van der Waals surface area (Å²) in [6.45, 7) is -0.00229. The van der Waals surface area contributed by atoms with Crippen molar-refractivity contribution in [2.24, 2.45) is 11.8 Å². The quantitative estimate of drug-likeness (QED) is 0.117. The maximum Gasteiger partial charge on any atom is 0.335 e. The van der Waals surface area contributed by atoms with E-state index in [9.17, 15) is 13.2 Å². The third kappa shape index (κ3) is 7.76. The molecule has 5 rings (SSSR count). The van der Waals surface area contributed by atoms with E-state index in [0.717, 1.165) is 42.5 Å². The molecule has 4 aromatic rings. The first kappa shape index (κ1) is 31.9. The lowest BCUT2D eigenvalue weighted by Crippen LogP contribution is -2.29. The van der Waals surface area contributed by atoms with Crippen LogP contribution in [0.25, 0.3) is 11.0 Å². The van der Waals surface area contributed by atoms with Crippen LogP contribution < -0.4 is 10.0 Å². The van der Waals surface area contributed by atoms with Crippen molar-refractivity contribution in [3.8, 4) is 0 Å². The highest BCUT2D eigenvalue weighted by Gasteiger charge is 2.26. The molecule has 0 radical (unpaired) electrons. The fraction of sp³-hybridized carbons (Fsp3) is 0.355. The van der Waals surface area contributed by atoms with Crippen LogP contribution in [0.4, 0.5) is 17.2 Å². The average Bonchev–Trinajstić information content (AvgIpc) is 3.43. The second kappa shape index (κ2) is 14.1. The first-order chi connectivity index (χ1) is 21.1. The minimum absolute atomic E-state index is 0.00229. The molecule has 0 saturated heterocycles. The maximum atomic E-state index is 12.9. The second-order valence-electron chi connectivity index (χ2n) is 10.9. The average molecular weight is 659 g/mol. The predicted octanol–water partition coefficient (Wildman–Crippen LogP) is 5.93. The van der Waals surface area contributed by atoms with E-state index in [1.54, 1.807) is 22.8 Å². The number of carbonyl (C=O) groups excluding carboxylic acids is 1. The summed E-state index contributed by atoms with van der Waals surface area (Å²) in [4.78, 5) is 21.9. The van der Waals surface area contributed by atoms with E-state index >= 15 is 0 Å². The zero-order valence-corrected chi connectivity index (χ0v) is 26.9. The highest BCUT2D eigenvalue weighted by atomic mass is 35.5. The van der Waals surface area contributed by atoms with Gasteiger partial charge in [0.2, 0.25) is 16.4 Å². The molecule has 0 aliphatic heterocycles. The zero-order chi connectivity index (χ0) is 31.3. The number of nitrogens with one attached hydrogen (secondary N) is 2. The number of nitrogens with zero attached hydrogens (tertiary/aromatic N) is 4. The van der Waals surface area contributed by atoms with Gasteiger partial charge in [-0.25, -0.2) is 17.7 Å². The van der Waals surface area contributed by atoms with Crippen LogP contribution in [0.2, 0.25) is 10.0 Å². The molecule has 0 unspecified atom stereocenters. The minimum Gasteiger partial charge on any atom is -0.444 e. The van der Waals surface area contributed by atoms with Crippen LogP contribution >= 0.6 is 23.2 Å². The van der Waals surface area contributed by atoms with Crippen LogP contribution in [0.15, 0.2) is 61.1 Å². The number of halogens is 2. The molecule has 0 spiro atoms. The lowest BCUT2D eigenvalue weighted by molar-refractivity contribution is -0.405. The third-order valence-corrected chi connectivity index (χ3v) is 10.1. The van der Waals surface area contributed by atoms with Crippen molar-refractivity contribution in [3.63, 3.8) is 0 Å². The molecule has 1 aliphatic rings. The van der Waals surface area contributed by atoms with Crippen LogP contribution in [0.3, 0.4) is 0 Å². The normalized spacial score (nSPS) is 17.5. The molecule has 2 aromatic carbocycles. The first-order valence-electron chi connectivity index (χ1n) is 14.4. The SMILES string of the molecule is CNS(=O)(=O)CC1CCC(C=[N+](C)c2ncnc3c2ccn3COC(=O)Cc2ccccc2Nc2c(Cl)cccc2Cl)CC1. The van der Waals surface area contributed by atoms with Gasteiger partial charge in [-0.2, -0.15) is 4.98 Å².